The summed E-state index contributed by atoms with van der Waals surface area (Å²) >= 11 is 0. The molecule has 4 aromatic rings. The summed E-state index contributed by atoms with van der Waals surface area (Å²) in [5.74, 6) is 6.18. The molecule has 0 fully saturated rings. The van der Waals surface area contributed by atoms with Gasteiger partial charge >= 0.3 is 0 Å². The summed E-state index contributed by atoms with van der Waals surface area (Å²) in [7, 11) is 3.26. The second-order valence-electron chi connectivity index (χ2n) is 7.98. The van der Waals surface area contributed by atoms with Gasteiger partial charge in [-0.1, -0.05) is 11.8 Å². The van der Waals surface area contributed by atoms with Crippen molar-refractivity contribution >= 4 is 29.2 Å². The maximum absolute atomic E-state index is 13.1. The standard InChI is InChI=1S/C24H24N8O3.CH2O2/c1-24(34,22-26-10-4-11-27-22)9-7-16-5-6-17-18(15-16)32(19-8-12-28-23(25)29-19)30-20(17)21(33)31(2)13-14-35-3;2-1-3/h4-6,8,10-12,15,34H,13-14H2,1-3H3,(H2,25,28,29);1H,(H,2,3). The lowest BCUT2D eigenvalue weighted by Gasteiger charge is -2.15. The minimum Gasteiger partial charge on any atom is -0.483 e. The molecule has 0 aliphatic carbocycles. The number of nitrogens with zero attached hydrogens (tertiary/aromatic N) is 7. The van der Waals surface area contributed by atoms with Gasteiger partial charge in [0.25, 0.3) is 12.4 Å². The molecule has 3 heterocycles. The highest BCUT2D eigenvalue weighted by atomic mass is 16.5. The predicted octanol–water partition coefficient (Wildman–Crippen LogP) is 0.866. The average Bonchev–Trinajstić information content (AvgIpc) is 3.30. The molecule has 4 rings (SSSR count). The quantitative estimate of drug-likeness (QED) is 0.243. The van der Waals surface area contributed by atoms with Crippen molar-refractivity contribution in [2.24, 2.45) is 0 Å². The Balaban J connectivity index is 0.00000127. The predicted molar refractivity (Wildman–Crippen MR) is 137 cm³/mol. The molecule has 0 saturated heterocycles. The number of rotatable bonds is 6. The molecule has 13 nitrogen and oxygen atoms in total. The number of carbonyl (C=O) groups excluding carboxylic acids is 1. The van der Waals surface area contributed by atoms with Crippen molar-refractivity contribution in [2.45, 2.75) is 12.5 Å². The molecule has 13 heteroatoms. The van der Waals surface area contributed by atoms with E-state index in [1.807, 2.05) is 0 Å². The Kier molecular flexibility index (Phi) is 8.99. The van der Waals surface area contributed by atoms with Crippen LogP contribution in [0.2, 0.25) is 0 Å². The van der Waals surface area contributed by atoms with E-state index in [9.17, 15) is 9.90 Å². The molecule has 0 bridgehead atoms. The molecule has 0 saturated carbocycles. The van der Waals surface area contributed by atoms with E-state index in [2.05, 4.69) is 36.9 Å². The number of hydrogen-bond acceptors (Lipinski definition) is 10. The highest BCUT2D eigenvalue weighted by Crippen LogP contribution is 2.24. The third-order valence-corrected chi connectivity index (χ3v) is 5.19. The number of anilines is 1. The summed E-state index contributed by atoms with van der Waals surface area (Å²) in [4.78, 5) is 39.4. The molecule has 0 spiro atoms. The number of carbonyl (C=O) groups is 2. The van der Waals surface area contributed by atoms with E-state index in [0.29, 0.717) is 35.4 Å². The number of fused-ring (bicyclic) bond motifs is 1. The third-order valence-electron chi connectivity index (χ3n) is 5.19. The SMILES string of the molecule is COCCN(C)C(=O)c1nn(-c2ccnc(N)n2)c2cc(C#CC(C)(O)c3ncccn3)ccc12.O=CO. The van der Waals surface area contributed by atoms with Crippen molar-refractivity contribution < 1.29 is 24.5 Å². The molecule has 196 valence electrons. The Morgan fingerprint density at radius 2 is 1.95 bits per heavy atom. The Labute approximate surface area is 217 Å². The second-order valence-corrected chi connectivity index (χ2v) is 7.98. The van der Waals surface area contributed by atoms with Crippen LogP contribution in [0.25, 0.3) is 16.7 Å². The van der Waals surface area contributed by atoms with Crippen molar-refractivity contribution in [1.29, 1.82) is 0 Å². The number of nitrogen functional groups attached to an aromatic ring is 1. The monoisotopic (exact) mass is 518 g/mol. The van der Waals surface area contributed by atoms with E-state index in [1.165, 1.54) is 22.7 Å². The zero-order valence-electron chi connectivity index (χ0n) is 20.9. The molecule has 1 unspecified atom stereocenters. The first-order chi connectivity index (χ1) is 18.2. The normalized spacial score (nSPS) is 11.9. The van der Waals surface area contributed by atoms with Crippen LogP contribution in [0.1, 0.15) is 28.8 Å². The van der Waals surface area contributed by atoms with Crippen LogP contribution < -0.4 is 5.73 Å². The number of nitrogens with two attached hydrogens (primary N) is 1. The maximum atomic E-state index is 13.1. The first-order valence-electron chi connectivity index (χ1n) is 11.2. The Morgan fingerprint density at radius 3 is 2.61 bits per heavy atom. The summed E-state index contributed by atoms with van der Waals surface area (Å²) in [6.07, 6.45) is 4.59. The number of carboxylic acid groups (broad SMARTS) is 1. The van der Waals surface area contributed by atoms with Crippen molar-refractivity contribution in [3.05, 3.63) is 66.0 Å². The summed E-state index contributed by atoms with van der Waals surface area (Å²) in [5, 5.41) is 22.8. The van der Waals surface area contributed by atoms with Crippen LogP contribution in [0.5, 0.6) is 0 Å². The number of likely N-dealkylation sites (N-methyl/N-ethyl adjacent to an activating group) is 1. The molecule has 38 heavy (non-hydrogen) atoms. The first kappa shape index (κ1) is 27.7. The van der Waals surface area contributed by atoms with Crippen molar-refractivity contribution in [1.82, 2.24) is 34.6 Å². The molecule has 3 aromatic heterocycles. The van der Waals surface area contributed by atoms with Gasteiger partial charge in [0.15, 0.2) is 22.9 Å². The van der Waals surface area contributed by atoms with Gasteiger partial charge in [0.1, 0.15) is 0 Å². The lowest BCUT2D eigenvalue weighted by atomic mass is 10.1. The summed E-state index contributed by atoms with van der Waals surface area (Å²) in [6.45, 7) is 2.08. The van der Waals surface area contributed by atoms with Gasteiger partial charge in [0.05, 0.1) is 12.1 Å². The van der Waals surface area contributed by atoms with Gasteiger partial charge < -0.3 is 25.6 Å². The average molecular weight is 519 g/mol. The van der Waals surface area contributed by atoms with Crippen molar-refractivity contribution in [3.8, 4) is 17.7 Å². The fraction of sp³-hybridized carbons (Fsp3) is 0.240. The lowest BCUT2D eigenvalue weighted by Crippen LogP contribution is -2.30. The highest BCUT2D eigenvalue weighted by Gasteiger charge is 2.24. The van der Waals surface area contributed by atoms with Crippen LogP contribution in [-0.4, -0.2) is 84.5 Å². The van der Waals surface area contributed by atoms with Crippen molar-refractivity contribution in [3.63, 3.8) is 0 Å². The number of aromatic nitrogens is 6. The van der Waals surface area contributed by atoms with E-state index in [-0.39, 0.29) is 29.8 Å². The first-order valence-corrected chi connectivity index (χ1v) is 11.2. The number of hydrogen-bond donors (Lipinski definition) is 3. The largest absolute Gasteiger partial charge is 0.483 e. The van der Waals surface area contributed by atoms with E-state index < -0.39 is 5.60 Å². The number of methoxy groups -OCH3 is 1. The van der Waals surface area contributed by atoms with E-state index in [1.54, 1.807) is 56.9 Å². The zero-order valence-corrected chi connectivity index (χ0v) is 20.9. The summed E-state index contributed by atoms with van der Waals surface area (Å²) in [5.41, 5.74) is 5.65. The third kappa shape index (κ3) is 6.44. The number of aliphatic hydroxyl groups is 1. The minimum atomic E-state index is -1.55. The minimum absolute atomic E-state index is 0.0751. The van der Waals surface area contributed by atoms with Crippen LogP contribution in [0.3, 0.4) is 0 Å². The van der Waals surface area contributed by atoms with Gasteiger partial charge in [-0.25, -0.2) is 19.6 Å². The number of amides is 1. The number of benzene rings is 1. The molecule has 0 radical (unpaired) electrons. The Morgan fingerprint density at radius 1 is 1.24 bits per heavy atom. The molecule has 4 N–H and O–H groups in total. The zero-order chi connectivity index (χ0) is 27.7. The van der Waals surface area contributed by atoms with E-state index in [0.717, 1.165) is 0 Å². The van der Waals surface area contributed by atoms with Crippen LogP contribution >= 0.6 is 0 Å². The van der Waals surface area contributed by atoms with Gasteiger partial charge in [0.2, 0.25) is 5.95 Å². The fourth-order valence-electron chi connectivity index (χ4n) is 3.32. The molecule has 0 aliphatic heterocycles. The summed E-state index contributed by atoms with van der Waals surface area (Å²) < 4.78 is 6.60. The van der Waals surface area contributed by atoms with Gasteiger partial charge in [-0.15, -0.1) is 0 Å². The van der Waals surface area contributed by atoms with E-state index in [4.69, 9.17) is 20.4 Å². The Bertz CT molecular complexity index is 1480. The Hall–Kier alpha value is -4.93. The van der Waals surface area contributed by atoms with Gasteiger partial charge in [-0.2, -0.15) is 10.1 Å². The van der Waals surface area contributed by atoms with Crippen LogP contribution in [0.15, 0.2) is 48.9 Å². The van der Waals surface area contributed by atoms with Gasteiger partial charge in [0, 0.05) is 56.3 Å². The van der Waals surface area contributed by atoms with Crippen LogP contribution in [0, 0.1) is 11.8 Å². The van der Waals surface area contributed by atoms with E-state index >= 15 is 0 Å². The molecule has 1 atom stereocenters. The molecule has 1 aromatic carbocycles. The molecule has 0 aliphatic rings. The van der Waals surface area contributed by atoms with Crippen LogP contribution in [0.4, 0.5) is 5.95 Å². The lowest BCUT2D eigenvalue weighted by molar-refractivity contribution is -0.122. The van der Waals surface area contributed by atoms with Crippen LogP contribution in [-0.2, 0) is 15.1 Å². The molecular weight excluding hydrogens is 492 g/mol. The summed E-state index contributed by atoms with van der Waals surface area (Å²) in [6, 6.07) is 8.58. The maximum Gasteiger partial charge on any atom is 0.290 e. The topological polar surface area (TPSA) is 182 Å². The second kappa shape index (κ2) is 12.3. The van der Waals surface area contributed by atoms with Crippen molar-refractivity contribution in [2.75, 3.05) is 33.0 Å². The van der Waals surface area contributed by atoms with Gasteiger partial charge in [-0.05, 0) is 31.2 Å². The fourth-order valence-corrected chi connectivity index (χ4v) is 3.32. The van der Waals surface area contributed by atoms with Gasteiger partial charge in [-0.3, -0.25) is 9.59 Å². The molecule has 1 amide bonds. The number of ether oxygens (including phenoxy) is 1. The smallest absolute Gasteiger partial charge is 0.290 e. The molecular formula is C25H26N8O5. The highest BCUT2D eigenvalue weighted by molar-refractivity contribution is 6.05.